The van der Waals surface area contributed by atoms with Crippen LogP contribution in [0, 0.1) is 0 Å². The van der Waals surface area contributed by atoms with E-state index in [9.17, 15) is 15.0 Å². The average molecular weight is 603 g/mol. The van der Waals surface area contributed by atoms with Crippen molar-refractivity contribution in [3.8, 4) is 40.1 Å². The van der Waals surface area contributed by atoms with E-state index in [0.717, 1.165) is 16.7 Å². The van der Waals surface area contributed by atoms with Crippen molar-refractivity contribution >= 4 is 11.0 Å². The fraction of sp³-hybridized carbons (Fsp3) is 0.132. The van der Waals surface area contributed by atoms with Crippen LogP contribution >= 0.6 is 0 Å². The first-order valence-electron chi connectivity index (χ1n) is 14.7. The van der Waals surface area contributed by atoms with Gasteiger partial charge in [-0.3, -0.25) is 4.79 Å². The van der Waals surface area contributed by atoms with Crippen LogP contribution in [-0.2, 0) is 19.8 Å². The molecule has 0 spiro atoms. The van der Waals surface area contributed by atoms with Crippen LogP contribution in [0.25, 0.3) is 22.3 Å². The van der Waals surface area contributed by atoms with Crippen molar-refractivity contribution in [2.45, 2.75) is 33.7 Å². The number of benzene rings is 5. The number of phenols is 1. The minimum absolute atomic E-state index is 0.0667. The number of aromatic hydroxyl groups is 2. The number of ether oxygens (including phenoxy) is 3. The normalized spacial score (nSPS) is 10.5. The van der Waals surface area contributed by atoms with Gasteiger partial charge in [0.05, 0.1) is 0 Å². The molecule has 1 aromatic heterocycles. The Kier molecular flexibility index (Phi) is 10.0. The van der Waals surface area contributed by atoms with Crippen molar-refractivity contribution in [2.24, 2.45) is 0 Å². The summed E-state index contributed by atoms with van der Waals surface area (Å²) < 4.78 is 24.1. The van der Waals surface area contributed by atoms with E-state index in [1.54, 1.807) is 18.2 Å². The van der Waals surface area contributed by atoms with Gasteiger partial charge in [0.15, 0.2) is 17.3 Å². The maximum atomic E-state index is 13.2. The van der Waals surface area contributed by atoms with Gasteiger partial charge in [0.2, 0.25) is 11.2 Å². The maximum absolute atomic E-state index is 13.2. The Morgan fingerprint density at radius 2 is 1.11 bits per heavy atom. The van der Waals surface area contributed by atoms with E-state index >= 15 is 0 Å². The third-order valence-electron chi connectivity index (χ3n) is 6.85. The molecule has 7 nitrogen and oxygen atoms in total. The summed E-state index contributed by atoms with van der Waals surface area (Å²) in [6, 6.07) is 36.9. The molecule has 7 heteroatoms. The van der Waals surface area contributed by atoms with Crippen molar-refractivity contribution < 1.29 is 28.8 Å². The van der Waals surface area contributed by atoms with Crippen LogP contribution in [0.1, 0.15) is 30.5 Å². The quantitative estimate of drug-likeness (QED) is 0.162. The Hall–Kier alpha value is -5.69. The van der Waals surface area contributed by atoms with Gasteiger partial charge in [0, 0.05) is 17.7 Å². The molecule has 2 N–H and O–H groups in total. The lowest BCUT2D eigenvalue weighted by atomic mass is 10.1. The summed E-state index contributed by atoms with van der Waals surface area (Å²) in [5, 5.41) is 21.4. The first kappa shape index (κ1) is 30.8. The SMILES string of the molecule is CC.O=c1c(O)c(-c2ccc(OCc3ccccc3)c(OCc3ccccc3)c2)oc2cc(OCc3ccccc3)cc(O)c12. The predicted molar refractivity (Wildman–Crippen MR) is 175 cm³/mol. The smallest absolute Gasteiger partial charge is 0.238 e. The number of phenolic OH excluding ortho intramolecular Hbond substituents is 1. The number of fused-ring (bicyclic) bond motifs is 1. The van der Waals surface area contributed by atoms with Crippen LogP contribution < -0.4 is 19.6 Å². The highest BCUT2D eigenvalue weighted by atomic mass is 16.5. The van der Waals surface area contributed by atoms with Crippen molar-refractivity contribution in [3.05, 3.63) is 148 Å². The van der Waals surface area contributed by atoms with Crippen molar-refractivity contribution in [3.63, 3.8) is 0 Å². The monoisotopic (exact) mass is 602 g/mol. The Morgan fingerprint density at radius 1 is 0.600 bits per heavy atom. The summed E-state index contributed by atoms with van der Waals surface area (Å²) in [6.07, 6.45) is 0. The zero-order chi connectivity index (χ0) is 31.6. The molecule has 0 aliphatic heterocycles. The lowest BCUT2D eigenvalue weighted by Crippen LogP contribution is -2.04. The highest BCUT2D eigenvalue weighted by Crippen LogP contribution is 2.39. The molecular weight excluding hydrogens is 568 g/mol. The zero-order valence-corrected chi connectivity index (χ0v) is 25.1. The van der Waals surface area contributed by atoms with Crippen LogP contribution in [0.15, 0.2) is 131 Å². The van der Waals surface area contributed by atoms with Crippen LogP contribution in [0.4, 0.5) is 0 Å². The highest BCUT2D eigenvalue weighted by Gasteiger charge is 2.21. The van der Waals surface area contributed by atoms with E-state index in [1.165, 1.54) is 12.1 Å². The third-order valence-corrected chi connectivity index (χ3v) is 6.85. The van der Waals surface area contributed by atoms with E-state index in [-0.39, 0.29) is 35.7 Å². The first-order chi connectivity index (χ1) is 22.0. The highest BCUT2D eigenvalue weighted by molar-refractivity contribution is 5.88. The summed E-state index contributed by atoms with van der Waals surface area (Å²) in [6.45, 7) is 4.85. The molecule has 0 saturated heterocycles. The van der Waals surface area contributed by atoms with Crippen LogP contribution in [0.2, 0.25) is 0 Å². The van der Waals surface area contributed by atoms with Crippen molar-refractivity contribution in [1.29, 1.82) is 0 Å². The zero-order valence-electron chi connectivity index (χ0n) is 25.1. The summed E-state index contributed by atoms with van der Waals surface area (Å²) in [7, 11) is 0. The lowest BCUT2D eigenvalue weighted by Gasteiger charge is -2.15. The van der Waals surface area contributed by atoms with Gasteiger partial charge in [-0.15, -0.1) is 0 Å². The van der Waals surface area contributed by atoms with E-state index in [0.29, 0.717) is 29.4 Å². The summed E-state index contributed by atoms with van der Waals surface area (Å²) in [4.78, 5) is 13.2. The molecule has 1 heterocycles. The molecule has 0 atom stereocenters. The number of hydrogen-bond acceptors (Lipinski definition) is 7. The minimum atomic E-state index is -0.764. The predicted octanol–water partition coefficient (Wildman–Crippen LogP) is 8.63. The summed E-state index contributed by atoms with van der Waals surface area (Å²) >= 11 is 0. The molecular formula is C38H34O7. The molecule has 0 aliphatic carbocycles. The average Bonchev–Trinajstić information content (AvgIpc) is 3.09. The Morgan fingerprint density at radius 3 is 1.67 bits per heavy atom. The second-order valence-electron chi connectivity index (χ2n) is 9.91. The molecule has 0 fully saturated rings. The fourth-order valence-electron chi connectivity index (χ4n) is 4.64. The second kappa shape index (κ2) is 14.7. The fourth-order valence-corrected chi connectivity index (χ4v) is 4.64. The van der Waals surface area contributed by atoms with Gasteiger partial charge in [-0.2, -0.15) is 0 Å². The van der Waals surface area contributed by atoms with Gasteiger partial charge in [0.25, 0.3) is 0 Å². The molecule has 45 heavy (non-hydrogen) atoms. The number of rotatable bonds is 10. The molecule has 0 aliphatic rings. The lowest BCUT2D eigenvalue weighted by molar-refractivity contribution is 0.256. The summed E-state index contributed by atoms with van der Waals surface area (Å²) in [5.74, 6) is 0.143. The van der Waals surface area contributed by atoms with Gasteiger partial charge >= 0.3 is 0 Å². The molecule has 5 aromatic carbocycles. The Labute approximate surface area is 261 Å². The molecule has 0 bridgehead atoms. The molecule has 228 valence electrons. The Bertz CT molecular complexity index is 1900. The van der Waals surface area contributed by atoms with Crippen molar-refractivity contribution in [1.82, 2.24) is 0 Å². The topological polar surface area (TPSA) is 98.4 Å². The van der Waals surface area contributed by atoms with E-state index < -0.39 is 11.2 Å². The second-order valence-corrected chi connectivity index (χ2v) is 9.91. The van der Waals surface area contributed by atoms with E-state index in [4.69, 9.17) is 18.6 Å². The van der Waals surface area contributed by atoms with Crippen LogP contribution in [0.5, 0.6) is 28.7 Å². The molecule has 0 radical (unpaired) electrons. The Balaban J connectivity index is 0.00000196. The molecule has 6 aromatic rings. The largest absolute Gasteiger partial charge is 0.507 e. The number of hydrogen-bond donors (Lipinski definition) is 2. The van der Waals surface area contributed by atoms with Gasteiger partial charge in [-0.1, -0.05) is 105 Å². The standard InChI is InChI=1S/C36H28O7.C2H6/c37-29-19-28(40-21-24-10-4-1-5-11-24)20-32-33(29)34(38)35(39)36(43-32)27-16-17-30(41-22-25-12-6-2-7-13-25)31(18-27)42-23-26-14-8-3-9-15-26;1-2/h1-20,37,39H,21-23H2;1-2H3. The minimum Gasteiger partial charge on any atom is -0.507 e. The molecule has 0 unspecified atom stereocenters. The van der Waals surface area contributed by atoms with Crippen LogP contribution in [-0.4, -0.2) is 10.2 Å². The molecule has 6 rings (SSSR count). The summed E-state index contributed by atoms with van der Waals surface area (Å²) in [5.41, 5.74) is 2.58. The van der Waals surface area contributed by atoms with Gasteiger partial charge in [0.1, 0.15) is 42.3 Å². The maximum Gasteiger partial charge on any atom is 0.238 e. The van der Waals surface area contributed by atoms with Gasteiger partial charge < -0.3 is 28.8 Å². The molecule has 0 saturated carbocycles. The first-order valence-corrected chi connectivity index (χ1v) is 14.7. The van der Waals surface area contributed by atoms with Gasteiger partial charge in [-0.25, -0.2) is 0 Å². The van der Waals surface area contributed by atoms with Gasteiger partial charge in [-0.05, 0) is 34.9 Å². The third kappa shape index (κ3) is 7.46. The van der Waals surface area contributed by atoms with Crippen molar-refractivity contribution in [2.75, 3.05) is 0 Å². The van der Waals surface area contributed by atoms with Crippen LogP contribution in [0.3, 0.4) is 0 Å². The van der Waals surface area contributed by atoms with E-state index in [2.05, 4.69) is 0 Å². The molecule has 0 amide bonds. The van der Waals surface area contributed by atoms with E-state index in [1.807, 2.05) is 105 Å².